The number of hydrogen-bond acceptors (Lipinski definition) is 5. The third kappa shape index (κ3) is 5.72. The molecule has 0 aromatic carbocycles. The number of allylic oxidation sites excluding steroid dienone is 1. The number of fused-ring (bicyclic) bond motifs is 5. The molecule has 7 atom stereocenters. The first-order chi connectivity index (χ1) is 17.4. The second kappa shape index (κ2) is 10.9. The smallest absolute Gasteiger partial charge is 0.393 e. The highest BCUT2D eigenvalue weighted by Gasteiger charge is 2.59. The monoisotopic (exact) mass is 527 g/mol. The van der Waals surface area contributed by atoms with Crippen LogP contribution in [0.1, 0.15) is 79.1 Å². The number of halogens is 3. The van der Waals surface area contributed by atoms with Crippen LogP contribution in [0, 0.1) is 34.5 Å². The van der Waals surface area contributed by atoms with E-state index in [1.165, 1.54) is 5.57 Å². The van der Waals surface area contributed by atoms with Crippen LogP contribution in [0.5, 0.6) is 0 Å². The van der Waals surface area contributed by atoms with E-state index in [1.807, 2.05) is 13.8 Å². The number of nitrogens with one attached hydrogen (secondary N) is 1. The molecule has 0 bridgehead atoms. The SMILES string of the molecule is CCNCCN(CC(F)(F)F)C(=O)O/N=C(\C)[C@H]1CC[C@H]2[C@@H]3CC=C4C[C@@H](O)CC[C@]4(C)[C@H]3CC[C@]12C. The molecule has 3 saturated carbocycles. The van der Waals surface area contributed by atoms with Crippen LogP contribution in [-0.4, -0.2) is 60.3 Å². The van der Waals surface area contributed by atoms with Crippen LogP contribution in [0.25, 0.3) is 0 Å². The van der Waals surface area contributed by atoms with E-state index in [-0.39, 0.29) is 35.9 Å². The lowest BCUT2D eigenvalue weighted by atomic mass is 9.47. The van der Waals surface area contributed by atoms with Crippen molar-refractivity contribution < 1.29 is 27.9 Å². The second-order valence-electron chi connectivity index (χ2n) is 12.3. The van der Waals surface area contributed by atoms with Crippen molar-refractivity contribution >= 4 is 11.8 Å². The summed E-state index contributed by atoms with van der Waals surface area (Å²) in [6.07, 6.45) is 4.67. The number of amides is 1. The van der Waals surface area contributed by atoms with Crippen LogP contribution in [0.15, 0.2) is 16.8 Å². The molecule has 0 spiro atoms. The zero-order valence-corrected chi connectivity index (χ0v) is 22.7. The number of aliphatic hydroxyl groups is 1. The molecule has 0 aromatic heterocycles. The molecule has 6 nitrogen and oxygen atoms in total. The Morgan fingerprint density at radius 3 is 2.68 bits per heavy atom. The molecular weight excluding hydrogens is 483 g/mol. The molecule has 4 aliphatic rings. The van der Waals surface area contributed by atoms with Crippen molar-refractivity contribution in [1.29, 1.82) is 0 Å². The van der Waals surface area contributed by atoms with Crippen molar-refractivity contribution in [2.24, 2.45) is 39.7 Å². The van der Waals surface area contributed by atoms with E-state index < -0.39 is 18.8 Å². The van der Waals surface area contributed by atoms with Gasteiger partial charge in [0.15, 0.2) is 0 Å². The third-order valence-corrected chi connectivity index (χ3v) is 10.3. The molecule has 0 heterocycles. The lowest BCUT2D eigenvalue weighted by Gasteiger charge is -2.58. The highest BCUT2D eigenvalue weighted by molar-refractivity contribution is 5.85. The van der Waals surface area contributed by atoms with Crippen LogP contribution in [-0.2, 0) is 4.84 Å². The number of oxime groups is 1. The maximum atomic E-state index is 13.0. The van der Waals surface area contributed by atoms with Crippen LogP contribution in [0.2, 0.25) is 0 Å². The lowest BCUT2D eigenvalue weighted by Crippen LogP contribution is -2.51. The van der Waals surface area contributed by atoms with E-state index in [0.717, 1.165) is 51.4 Å². The van der Waals surface area contributed by atoms with Crippen molar-refractivity contribution in [1.82, 2.24) is 10.2 Å². The fraction of sp³-hybridized carbons (Fsp3) is 0.857. The van der Waals surface area contributed by atoms with E-state index >= 15 is 0 Å². The second-order valence-corrected chi connectivity index (χ2v) is 12.3. The molecule has 1 amide bonds. The number of hydrogen-bond donors (Lipinski definition) is 2. The molecule has 0 aromatic rings. The average molecular weight is 528 g/mol. The van der Waals surface area contributed by atoms with E-state index in [9.17, 15) is 23.1 Å². The summed E-state index contributed by atoms with van der Waals surface area (Å²) < 4.78 is 39.1. The summed E-state index contributed by atoms with van der Waals surface area (Å²) in [5.74, 6) is 1.91. The molecule has 3 fully saturated rings. The number of aliphatic hydroxyl groups excluding tert-OH is 1. The van der Waals surface area contributed by atoms with E-state index in [1.54, 1.807) is 0 Å². The topological polar surface area (TPSA) is 74.2 Å². The van der Waals surface area contributed by atoms with Crippen LogP contribution >= 0.6 is 0 Å². The summed E-state index contributed by atoms with van der Waals surface area (Å²) in [6, 6.07) is 0. The van der Waals surface area contributed by atoms with Gasteiger partial charge in [-0.3, -0.25) is 9.74 Å². The van der Waals surface area contributed by atoms with Gasteiger partial charge in [-0.25, -0.2) is 4.79 Å². The van der Waals surface area contributed by atoms with Crippen molar-refractivity contribution in [3.63, 3.8) is 0 Å². The highest BCUT2D eigenvalue weighted by atomic mass is 19.4. The standard InChI is InChI=1S/C28H44F3N3O3/c1-5-32-14-15-34(17-28(29,30)31)25(36)37-33-18(2)22-8-9-23-21-7-6-19-16-20(35)10-12-26(19,3)24(21)11-13-27(22,23)4/h6,20-24,32,35H,5,7-17H2,1-4H3/b33-18+/t20-,21-,22+,23-,24-,26-,27+/m0/s1. The molecule has 4 rings (SSSR count). The third-order valence-electron chi connectivity index (χ3n) is 10.3. The molecule has 37 heavy (non-hydrogen) atoms. The summed E-state index contributed by atoms with van der Waals surface area (Å²) in [7, 11) is 0. The van der Waals surface area contributed by atoms with Gasteiger partial charge in [-0.15, -0.1) is 0 Å². The minimum Gasteiger partial charge on any atom is -0.393 e. The first kappa shape index (κ1) is 28.4. The Kier molecular flexibility index (Phi) is 8.34. The zero-order chi connectivity index (χ0) is 27.0. The average Bonchev–Trinajstić information content (AvgIpc) is 3.19. The minimum absolute atomic E-state index is 0.0355. The van der Waals surface area contributed by atoms with Crippen LogP contribution in [0.4, 0.5) is 18.0 Å². The maximum Gasteiger partial charge on any atom is 0.436 e. The number of rotatable bonds is 7. The molecule has 2 N–H and O–H groups in total. The van der Waals surface area contributed by atoms with Gasteiger partial charge >= 0.3 is 12.3 Å². The van der Waals surface area contributed by atoms with E-state index in [0.29, 0.717) is 34.9 Å². The van der Waals surface area contributed by atoms with Crippen molar-refractivity contribution in [3.05, 3.63) is 11.6 Å². The summed E-state index contributed by atoms with van der Waals surface area (Å²) in [6.45, 7) is 7.85. The number of likely N-dealkylation sites (N-methyl/N-ethyl adjacent to an activating group) is 1. The Morgan fingerprint density at radius 1 is 1.22 bits per heavy atom. The number of alkyl halides is 3. The Bertz CT molecular complexity index is 907. The normalized spacial score (nSPS) is 37.8. The highest BCUT2D eigenvalue weighted by Crippen LogP contribution is 2.66. The predicted octanol–water partition coefficient (Wildman–Crippen LogP) is 5.91. The van der Waals surface area contributed by atoms with Crippen LogP contribution in [0.3, 0.4) is 0 Å². The van der Waals surface area contributed by atoms with Crippen molar-refractivity contribution in [2.45, 2.75) is 91.3 Å². The fourth-order valence-electron chi connectivity index (χ4n) is 8.40. The molecular formula is C28H44F3N3O3. The minimum atomic E-state index is -4.50. The van der Waals surface area contributed by atoms with E-state index in [4.69, 9.17) is 4.84 Å². The van der Waals surface area contributed by atoms with Gasteiger partial charge in [0.05, 0.1) is 11.8 Å². The van der Waals surface area contributed by atoms with Gasteiger partial charge < -0.3 is 10.4 Å². The summed E-state index contributed by atoms with van der Waals surface area (Å²) >= 11 is 0. The molecule has 0 radical (unpaired) electrons. The predicted molar refractivity (Wildman–Crippen MR) is 137 cm³/mol. The van der Waals surface area contributed by atoms with Crippen molar-refractivity contribution in [2.75, 3.05) is 26.2 Å². The van der Waals surface area contributed by atoms with Gasteiger partial charge in [0.2, 0.25) is 0 Å². The lowest BCUT2D eigenvalue weighted by molar-refractivity contribution is -0.142. The summed E-state index contributed by atoms with van der Waals surface area (Å²) in [4.78, 5) is 18.3. The van der Waals surface area contributed by atoms with Crippen LogP contribution < -0.4 is 5.32 Å². The van der Waals surface area contributed by atoms with Crippen molar-refractivity contribution in [3.8, 4) is 0 Å². The molecule has 4 aliphatic carbocycles. The molecule has 9 heteroatoms. The first-order valence-corrected chi connectivity index (χ1v) is 14.0. The van der Waals surface area contributed by atoms with E-state index in [2.05, 4.69) is 30.4 Å². The summed E-state index contributed by atoms with van der Waals surface area (Å²) in [5.41, 5.74) is 2.37. The Morgan fingerprint density at radius 2 is 1.97 bits per heavy atom. The van der Waals surface area contributed by atoms with Gasteiger partial charge in [0, 0.05) is 19.0 Å². The van der Waals surface area contributed by atoms with Gasteiger partial charge in [0.1, 0.15) is 6.54 Å². The van der Waals surface area contributed by atoms with Gasteiger partial charge in [-0.05, 0) is 93.4 Å². The Balaban J connectivity index is 1.44. The van der Waals surface area contributed by atoms with Gasteiger partial charge in [-0.1, -0.05) is 37.6 Å². The number of carbonyl (C=O) groups is 1. The largest absolute Gasteiger partial charge is 0.436 e. The molecule has 0 saturated heterocycles. The molecule has 210 valence electrons. The van der Waals surface area contributed by atoms with Gasteiger partial charge in [0.25, 0.3) is 0 Å². The maximum absolute atomic E-state index is 13.0. The first-order valence-electron chi connectivity index (χ1n) is 14.0. The number of carbonyl (C=O) groups excluding carboxylic acids is 1. The molecule has 0 aliphatic heterocycles. The summed E-state index contributed by atoms with van der Waals surface area (Å²) in [5, 5.41) is 17.3. The molecule has 0 unspecified atom stereocenters. The van der Waals surface area contributed by atoms with Gasteiger partial charge in [-0.2, -0.15) is 13.2 Å². The quantitative estimate of drug-likeness (QED) is 0.142. The fourth-order valence-corrected chi connectivity index (χ4v) is 8.40. The zero-order valence-electron chi connectivity index (χ0n) is 22.7. The Hall–Kier alpha value is -1.61. The Labute approximate surface area is 219 Å². The number of nitrogens with zero attached hydrogens (tertiary/aromatic N) is 2.